The van der Waals surface area contributed by atoms with Gasteiger partial charge in [-0.15, -0.1) is 0 Å². The number of carbonyl (C=O) groups is 1. The molecule has 0 aromatic heterocycles. The zero-order valence-electron chi connectivity index (χ0n) is 15.8. The number of rotatable bonds is 6. The van der Waals surface area contributed by atoms with Crippen molar-refractivity contribution in [3.05, 3.63) is 23.8 Å². The van der Waals surface area contributed by atoms with E-state index in [1.165, 1.54) is 13.2 Å². The molecule has 1 aliphatic carbocycles. The van der Waals surface area contributed by atoms with Gasteiger partial charge in [0, 0.05) is 30.7 Å². The van der Waals surface area contributed by atoms with E-state index in [4.69, 9.17) is 10.5 Å². The van der Waals surface area contributed by atoms with Crippen LogP contribution in [-0.4, -0.2) is 51.5 Å². The molecule has 2 aliphatic rings. The molecule has 3 rings (SSSR count). The maximum Gasteiger partial charge on any atom is 0.254 e. The number of benzene rings is 1. The molecule has 7 nitrogen and oxygen atoms in total. The van der Waals surface area contributed by atoms with Crippen LogP contribution in [0.25, 0.3) is 0 Å². The van der Waals surface area contributed by atoms with Gasteiger partial charge in [0.15, 0.2) is 0 Å². The first-order valence-corrected chi connectivity index (χ1v) is 11.2. The minimum Gasteiger partial charge on any atom is -0.495 e. The standard InChI is InChI=1S/C19H29N3O4S/c1-26-17-10-9-14(19(23)22-11-5-4-8-16(22)13-20)12-18(17)27(24,25)21-15-6-2-3-7-15/h9-10,12,15-16,21H,2-8,11,13,20H2,1H3. The molecule has 3 N–H and O–H groups in total. The van der Waals surface area contributed by atoms with Gasteiger partial charge in [0.25, 0.3) is 5.91 Å². The molecule has 1 aromatic rings. The van der Waals surface area contributed by atoms with Crippen LogP contribution in [0.2, 0.25) is 0 Å². The Morgan fingerprint density at radius 3 is 2.59 bits per heavy atom. The summed E-state index contributed by atoms with van der Waals surface area (Å²) in [4.78, 5) is 14.8. The van der Waals surface area contributed by atoms with E-state index >= 15 is 0 Å². The number of amides is 1. The third-order valence-electron chi connectivity index (χ3n) is 5.54. The van der Waals surface area contributed by atoms with Gasteiger partial charge in [-0.3, -0.25) is 4.79 Å². The maximum atomic E-state index is 13.0. The van der Waals surface area contributed by atoms with Gasteiger partial charge in [0.1, 0.15) is 10.6 Å². The van der Waals surface area contributed by atoms with Gasteiger partial charge in [-0.25, -0.2) is 13.1 Å². The van der Waals surface area contributed by atoms with Crippen molar-refractivity contribution in [3.8, 4) is 5.75 Å². The van der Waals surface area contributed by atoms with E-state index in [9.17, 15) is 13.2 Å². The van der Waals surface area contributed by atoms with Crippen molar-refractivity contribution in [2.75, 3.05) is 20.2 Å². The number of nitrogens with zero attached hydrogens (tertiary/aromatic N) is 1. The third kappa shape index (κ3) is 4.44. The van der Waals surface area contributed by atoms with Gasteiger partial charge in [-0.1, -0.05) is 12.8 Å². The molecule has 1 heterocycles. The first-order valence-electron chi connectivity index (χ1n) is 9.67. The zero-order chi connectivity index (χ0) is 19.4. The first-order chi connectivity index (χ1) is 13.0. The number of nitrogens with one attached hydrogen (secondary N) is 1. The van der Waals surface area contributed by atoms with Crippen LogP contribution < -0.4 is 15.2 Å². The van der Waals surface area contributed by atoms with Crippen LogP contribution in [0.15, 0.2) is 23.1 Å². The second-order valence-corrected chi connectivity index (χ2v) is 9.03. The fraction of sp³-hybridized carbons (Fsp3) is 0.632. The van der Waals surface area contributed by atoms with Gasteiger partial charge in [0.05, 0.1) is 7.11 Å². The number of nitrogens with two attached hydrogens (primary N) is 1. The van der Waals surface area contributed by atoms with Crippen molar-refractivity contribution in [3.63, 3.8) is 0 Å². The van der Waals surface area contributed by atoms with Crippen LogP contribution >= 0.6 is 0 Å². The molecule has 1 unspecified atom stereocenters. The molecule has 1 aliphatic heterocycles. The summed E-state index contributed by atoms with van der Waals surface area (Å²) in [5, 5.41) is 0. The van der Waals surface area contributed by atoms with Crippen LogP contribution in [0.3, 0.4) is 0 Å². The number of piperidine rings is 1. The van der Waals surface area contributed by atoms with E-state index in [1.807, 2.05) is 0 Å². The van der Waals surface area contributed by atoms with Crippen LogP contribution in [0.1, 0.15) is 55.3 Å². The molecule has 27 heavy (non-hydrogen) atoms. The normalized spacial score (nSPS) is 21.4. The molecule has 0 radical (unpaired) electrons. The van der Waals surface area contributed by atoms with Crippen molar-refractivity contribution in [2.24, 2.45) is 5.73 Å². The van der Waals surface area contributed by atoms with Gasteiger partial charge in [-0.05, 0) is 50.3 Å². The number of carbonyl (C=O) groups excluding carboxylic acids is 1. The molecule has 0 bridgehead atoms. The average Bonchev–Trinajstić information content (AvgIpc) is 3.19. The largest absolute Gasteiger partial charge is 0.495 e. The van der Waals surface area contributed by atoms with Crippen LogP contribution in [0.4, 0.5) is 0 Å². The minimum atomic E-state index is -3.76. The summed E-state index contributed by atoms with van der Waals surface area (Å²) in [6.45, 7) is 1.06. The van der Waals surface area contributed by atoms with Crippen molar-refractivity contribution in [1.29, 1.82) is 0 Å². The Morgan fingerprint density at radius 1 is 1.22 bits per heavy atom. The highest BCUT2D eigenvalue weighted by molar-refractivity contribution is 7.89. The van der Waals surface area contributed by atoms with Crippen molar-refractivity contribution in [2.45, 2.75) is 61.9 Å². The molecule has 1 atom stereocenters. The smallest absolute Gasteiger partial charge is 0.254 e. The van der Waals surface area contributed by atoms with Gasteiger partial charge in [0.2, 0.25) is 10.0 Å². The van der Waals surface area contributed by atoms with Crippen molar-refractivity contribution >= 4 is 15.9 Å². The number of sulfonamides is 1. The summed E-state index contributed by atoms with van der Waals surface area (Å²) in [6, 6.07) is 4.56. The lowest BCUT2D eigenvalue weighted by atomic mass is 10.0. The van der Waals surface area contributed by atoms with E-state index in [2.05, 4.69) is 4.72 Å². The molecular formula is C19H29N3O4S. The summed E-state index contributed by atoms with van der Waals surface area (Å²) >= 11 is 0. The van der Waals surface area contributed by atoms with E-state index < -0.39 is 10.0 Å². The lowest BCUT2D eigenvalue weighted by Crippen LogP contribution is -2.47. The second-order valence-electron chi connectivity index (χ2n) is 7.35. The second kappa shape index (κ2) is 8.58. The van der Waals surface area contributed by atoms with Crippen molar-refractivity contribution in [1.82, 2.24) is 9.62 Å². The number of methoxy groups -OCH3 is 1. The van der Waals surface area contributed by atoms with Gasteiger partial charge >= 0.3 is 0 Å². The SMILES string of the molecule is COc1ccc(C(=O)N2CCCCC2CN)cc1S(=O)(=O)NC1CCCC1. The monoisotopic (exact) mass is 395 g/mol. The van der Waals surface area contributed by atoms with E-state index in [-0.39, 0.29) is 28.6 Å². The molecule has 1 aromatic carbocycles. The molecule has 1 amide bonds. The Bertz CT molecular complexity index is 775. The molecule has 1 saturated heterocycles. The Kier molecular flexibility index (Phi) is 6.39. The summed E-state index contributed by atoms with van der Waals surface area (Å²) in [5.41, 5.74) is 6.18. The highest BCUT2D eigenvalue weighted by Gasteiger charge is 2.30. The topological polar surface area (TPSA) is 102 Å². The summed E-state index contributed by atoms with van der Waals surface area (Å²) in [5.74, 6) is 0.0659. The van der Waals surface area contributed by atoms with Crippen LogP contribution in [0, 0.1) is 0 Å². The van der Waals surface area contributed by atoms with E-state index in [1.54, 1.807) is 17.0 Å². The predicted molar refractivity (Wildman–Crippen MR) is 103 cm³/mol. The summed E-state index contributed by atoms with van der Waals surface area (Å²) in [7, 11) is -2.33. The Morgan fingerprint density at radius 2 is 1.93 bits per heavy atom. The fourth-order valence-electron chi connectivity index (χ4n) is 4.03. The molecule has 0 spiro atoms. The van der Waals surface area contributed by atoms with Gasteiger partial charge in [-0.2, -0.15) is 0 Å². The number of hydrogen-bond donors (Lipinski definition) is 2. The fourth-order valence-corrected chi connectivity index (χ4v) is 5.52. The van der Waals surface area contributed by atoms with E-state index in [0.717, 1.165) is 44.9 Å². The molecule has 2 fully saturated rings. The Hall–Kier alpha value is -1.64. The minimum absolute atomic E-state index is 0.00465. The first kappa shape index (κ1) is 20.1. The Labute approximate surface area is 161 Å². The number of hydrogen-bond acceptors (Lipinski definition) is 5. The van der Waals surface area contributed by atoms with E-state index in [0.29, 0.717) is 18.7 Å². The van der Waals surface area contributed by atoms with Gasteiger partial charge < -0.3 is 15.4 Å². The molecule has 1 saturated carbocycles. The quantitative estimate of drug-likeness (QED) is 0.766. The maximum absolute atomic E-state index is 13.0. The van der Waals surface area contributed by atoms with Crippen molar-refractivity contribution < 1.29 is 17.9 Å². The molecule has 150 valence electrons. The number of ether oxygens (including phenoxy) is 1. The zero-order valence-corrected chi connectivity index (χ0v) is 16.6. The Balaban J connectivity index is 1.89. The number of likely N-dealkylation sites (tertiary alicyclic amines) is 1. The summed E-state index contributed by atoms with van der Waals surface area (Å²) < 4.78 is 33.8. The highest BCUT2D eigenvalue weighted by atomic mass is 32.2. The molecular weight excluding hydrogens is 366 g/mol. The lowest BCUT2D eigenvalue weighted by Gasteiger charge is -2.35. The van der Waals surface area contributed by atoms with Crippen LogP contribution in [-0.2, 0) is 10.0 Å². The average molecular weight is 396 g/mol. The highest BCUT2D eigenvalue weighted by Crippen LogP contribution is 2.28. The predicted octanol–water partition coefficient (Wildman–Crippen LogP) is 1.87. The third-order valence-corrected chi connectivity index (χ3v) is 7.08. The summed E-state index contributed by atoms with van der Waals surface area (Å²) in [6.07, 6.45) is 6.60. The van der Waals surface area contributed by atoms with Crippen LogP contribution in [0.5, 0.6) is 5.75 Å². The molecule has 8 heteroatoms. The lowest BCUT2D eigenvalue weighted by molar-refractivity contribution is 0.0623.